The van der Waals surface area contributed by atoms with Gasteiger partial charge < -0.3 is 20.4 Å². The SMILES string of the molecule is CCNC(=NCC(=O)N1CCCC1)NCC1(N(C)C)CCCC(C)C1.I. The second-order valence-electron chi connectivity index (χ2n) is 7.96. The molecule has 1 saturated heterocycles. The minimum atomic E-state index is 0. The van der Waals surface area contributed by atoms with Crippen LogP contribution in [0, 0.1) is 5.92 Å². The molecule has 1 heterocycles. The molecular weight excluding hydrogens is 441 g/mol. The number of hydrogen-bond donors (Lipinski definition) is 2. The van der Waals surface area contributed by atoms with Gasteiger partial charge in [0, 0.05) is 31.7 Å². The van der Waals surface area contributed by atoms with Crippen molar-refractivity contribution in [3.05, 3.63) is 0 Å². The van der Waals surface area contributed by atoms with E-state index in [2.05, 4.69) is 48.5 Å². The lowest BCUT2D eigenvalue weighted by molar-refractivity contribution is -0.128. The minimum Gasteiger partial charge on any atom is -0.357 e. The van der Waals surface area contributed by atoms with Crippen molar-refractivity contribution in [2.75, 3.05) is 46.8 Å². The summed E-state index contributed by atoms with van der Waals surface area (Å²) in [7, 11) is 4.36. The third kappa shape index (κ3) is 6.55. The summed E-state index contributed by atoms with van der Waals surface area (Å²) in [6, 6.07) is 0. The van der Waals surface area contributed by atoms with Crippen molar-refractivity contribution < 1.29 is 4.79 Å². The van der Waals surface area contributed by atoms with E-state index in [1.54, 1.807) is 0 Å². The van der Waals surface area contributed by atoms with Crippen LogP contribution in [0.4, 0.5) is 0 Å². The van der Waals surface area contributed by atoms with E-state index in [1.807, 2.05) is 4.90 Å². The molecule has 2 unspecified atom stereocenters. The number of halogens is 1. The maximum absolute atomic E-state index is 12.2. The van der Waals surface area contributed by atoms with E-state index < -0.39 is 0 Å². The summed E-state index contributed by atoms with van der Waals surface area (Å²) in [6.45, 7) is 8.10. The van der Waals surface area contributed by atoms with Crippen molar-refractivity contribution in [2.45, 2.75) is 57.9 Å². The Labute approximate surface area is 176 Å². The summed E-state index contributed by atoms with van der Waals surface area (Å²) in [5.74, 6) is 1.66. The van der Waals surface area contributed by atoms with Crippen LogP contribution in [0.1, 0.15) is 52.4 Å². The molecule has 1 saturated carbocycles. The van der Waals surface area contributed by atoms with Gasteiger partial charge >= 0.3 is 0 Å². The third-order valence-electron chi connectivity index (χ3n) is 5.78. The first-order valence-electron chi connectivity index (χ1n) is 9.94. The maximum atomic E-state index is 12.2. The van der Waals surface area contributed by atoms with Gasteiger partial charge in [0.25, 0.3) is 0 Å². The molecule has 1 aliphatic carbocycles. The number of likely N-dealkylation sites (tertiary alicyclic amines) is 1. The Morgan fingerprint density at radius 1 is 1.23 bits per heavy atom. The van der Waals surface area contributed by atoms with Crippen LogP contribution in [0.2, 0.25) is 0 Å². The van der Waals surface area contributed by atoms with Gasteiger partial charge in [0.05, 0.1) is 0 Å². The van der Waals surface area contributed by atoms with Crippen molar-refractivity contribution in [1.82, 2.24) is 20.4 Å². The topological polar surface area (TPSA) is 60.0 Å². The van der Waals surface area contributed by atoms with E-state index >= 15 is 0 Å². The molecule has 152 valence electrons. The number of likely N-dealkylation sites (N-methyl/N-ethyl adjacent to an activating group) is 1. The Kier molecular flexibility index (Phi) is 10.2. The molecule has 0 spiro atoms. The van der Waals surface area contributed by atoms with Crippen LogP contribution >= 0.6 is 24.0 Å². The molecule has 1 amide bonds. The van der Waals surface area contributed by atoms with Crippen LogP contribution in [0.5, 0.6) is 0 Å². The van der Waals surface area contributed by atoms with Crippen molar-refractivity contribution >= 4 is 35.8 Å². The second kappa shape index (κ2) is 11.3. The number of guanidine groups is 1. The first-order valence-corrected chi connectivity index (χ1v) is 9.94. The molecule has 1 aliphatic heterocycles. The molecule has 2 N–H and O–H groups in total. The van der Waals surface area contributed by atoms with Gasteiger partial charge in [-0.25, -0.2) is 4.99 Å². The number of nitrogens with zero attached hydrogens (tertiary/aromatic N) is 3. The number of hydrogen-bond acceptors (Lipinski definition) is 3. The highest BCUT2D eigenvalue weighted by Gasteiger charge is 2.36. The van der Waals surface area contributed by atoms with Gasteiger partial charge in [-0.15, -0.1) is 24.0 Å². The summed E-state index contributed by atoms with van der Waals surface area (Å²) < 4.78 is 0. The second-order valence-corrected chi connectivity index (χ2v) is 7.96. The fourth-order valence-corrected chi connectivity index (χ4v) is 4.16. The molecule has 7 heteroatoms. The molecule has 26 heavy (non-hydrogen) atoms. The highest BCUT2D eigenvalue weighted by molar-refractivity contribution is 14.0. The first-order chi connectivity index (χ1) is 12.0. The standard InChI is InChI=1S/C19H37N5O.HI/c1-5-20-18(21-14-17(25)24-11-6-7-12-24)22-15-19(23(3)4)10-8-9-16(2)13-19;/h16H,5-15H2,1-4H3,(H2,20,21,22);1H. The van der Waals surface area contributed by atoms with E-state index in [-0.39, 0.29) is 42.0 Å². The highest BCUT2D eigenvalue weighted by atomic mass is 127. The summed E-state index contributed by atoms with van der Waals surface area (Å²) in [5, 5.41) is 6.79. The van der Waals surface area contributed by atoms with Gasteiger partial charge in [0.15, 0.2) is 5.96 Å². The van der Waals surface area contributed by atoms with Crippen molar-refractivity contribution in [3.63, 3.8) is 0 Å². The first kappa shape index (κ1) is 23.5. The van der Waals surface area contributed by atoms with Crippen LogP contribution in [0.25, 0.3) is 0 Å². The van der Waals surface area contributed by atoms with Crippen LogP contribution < -0.4 is 10.6 Å². The number of rotatable bonds is 6. The highest BCUT2D eigenvalue weighted by Crippen LogP contribution is 2.35. The smallest absolute Gasteiger partial charge is 0.244 e. The quantitative estimate of drug-likeness (QED) is 0.349. The molecule has 6 nitrogen and oxygen atoms in total. The Bertz CT molecular complexity index is 465. The Morgan fingerprint density at radius 2 is 1.92 bits per heavy atom. The third-order valence-corrected chi connectivity index (χ3v) is 5.78. The maximum Gasteiger partial charge on any atom is 0.244 e. The zero-order valence-corrected chi connectivity index (χ0v) is 19.3. The molecular formula is C19H38IN5O. The van der Waals surface area contributed by atoms with E-state index in [4.69, 9.17) is 0 Å². The van der Waals surface area contributed by atoms with Crippen molar-refractivity contribution in [3.8, 4) is 0 Å². The molecule has 2 fully saturated rings. The summed E-state index contributed by atoms with van der Waals surface area (Å²) >= 11 is 0. The largest absolute Gasteiger partial charge is 0.357 e. The van der Waals surface area contributed by atoms with Gasteiger partial charge in [-0.3, -0.25) is 4.79 Å². The average Bonchev–Trinajstić information content (AvgIpc) is 3.11. The van der Waals surface area contributed by atoms with Gasteiger partial charge in [0.1, 0.15) is 6.54 Å². The van der Waals surface area contributed by atoms with Crippen molar-refractivity contribution in [1.29, 1.82) is 0 Å². The van der Waals surface area contributed by atoms with Gasteiger partial charge in [-0.2, -0.15) is 0 Å². The predicted molar refractivity (Wildman–Crippen MR) is 119 cm³/mol. The number of nitrogens with one attached hydrogen (secondary N) is 2. The molecule has 2 atom stereocenters. The molecule has 0 bridgehead atoms. The Balaban J connectivity index is 0.00000338. The fourth-order valence-electron chi connectivity index (χ4n) is 4.16. The monoisotopic (exact) mass is 479 g/mol. The minimum absolute atomic E-state index is 0. The van der Waals surface area contributed by atoms with Crippen LogP contribution in [-0.4, -0.2) is 74.0 Å². The van der Waals surface area contributed by atoms with E-state index in [0.29, 0.717) is 0 Å². The zero-order chi connectivity index (χ0) is 18.3. The number of amides is 1. The Morgan fingerprint density at radius 3 is 2.50 bits per heavy atom. The lowest BCUT2D eigenvalue weighted by Gasteiger charge is -2.45. The van der Waals surface area contributed by atoms with E-state index in [1.165, 1.54) is 25.7 Å². The lowest BCUT2D eigenvalue weighted by Crippen LogP contribution is -2.56. The normalized spacial score (nSPS) is 26.6. The predicted octanol–water partition coefficient (Wildman–Crippen LogP) is 2.29. The zero-order valence-electron chi connectivity index (χ0n) is 17.0. The van der Waals surface area contributed by atoms with Crippen LogP contribution in [0.3, 0.4) is 0 Å². The summed E-state index contributed by atoms with van der Waals surface area (Å²) in [4.78, 5) is 21.1. The fraction of sp³-hybridized carbons (Fsp3) is 0.895. The molecule has 0 aromatic heterocycles. The van der Waals surface area contributed by atoms with Crippen LogP contribution in [-0.2, 0) is 4.79 Å². The average molecular weight is 479 g/mol. The van der Waals surface area contributed by atoms with Gasteiger partial charge in [-0.05, 0) is 52.6 Å². The molecule has 0 aromatic rings. The van der Waals surface area contributed by atoms with E-state index in [0.717, 1.165) is 50.9 Å². The molecule has 0 radical (unpaired) electrons. The number of carbonyl (C=O) groups excluding carboxylic acids is 1. The molecule has 2 aliphatic rings. The van der Waals surface area contributed by atoms with E-state index in [9.17, 15) is 4.79 Å². The molecule has 2 rings (SSSR count). The summed E-state index contributed by atoms with van der Waals surface area (Å²) in [5.41, 5.74) is 0.173. The Hall–Kier alpha value is -0.570. The van der Waals surface area contributed by atoms with Crippen LogP contribution in [0.15, 0.2) is 4.99 Å². The molecule has 0 aromatic carbocycles. The lowest BCUT2D eigenvalue weighted by atomic mass is 9.75. The van der Waals surface area contributed by atoms with Crippen molar-refractivity contribution in [2.24, 2.45) is 10.9 Å². The van der Waals surface area contributed by atoms with Gasteiger partial charge in [-0.1, -0.05) is 19.8 Å². The number of aliphatic imine (C=N–C) groups is 1. The van der Waals surface area contributed by atoms with Gasteiger partial charge in [0.2, 0.25) is 5.91 Å². The summed E-state index contributed by atoms with van der Waals surface area (Å²) in [6.07, 6.45) is 7.27. The number of carbonyl (C=O) groups is 1.